The van der Waals surface area contributed by atoms with Crippen molar-refractivity contribution in [2.75, 3.05) is 7.11 Å². The van der Waals surface area contributed by atoms with Crippen LogP contribution in [0.25, 0.3) is 10.8 Å². The van der Waals surface area contributed by atoms with Crippen molar-refractivity contribution >= 4 is 10.8 Å². The Kier molecular flexibility index (Phi) is 4.37. The summed E-state index contributed by atoms with van der Waals surface area (Å²) in [4.78, 5) is 12.0. The number of aliphatic hydroxyl groups excluding tert-OH is 1. The maximum Gasteiger partial charge on any atom is 0.347 e. The van der Waals surface area contributed by atoms with E-state index in [0.717, 1.165) is 6.42 Å². The number of hydrogen-bond acceptors (Lipinski definition) is 6. The van der Waals surface area contributed by atoms with E-state index < -0.39 is 23.2 Å². The van der Waals surface area contributed by atoms with Gasteiger partial charge < -0.3 is 24.5 Å². The molecule has 1 aromatic carbocycles. The van der Waals surface area contributed by atoms with Crippen LogP contribution in [0.1, 0.15) is 25.5 Å². The molecule has 1 heterocycles. The Morgan fingerprint density at radius 2 is 2.00 bits per heavy atom. The van der Waals surface area contributed by atoms with Gasteiger partial charge in [-0.2, -0.15) is 0 Å². The SMILES string of the molecule is CCC[C@H](O)Cc1cc2cc(OC)c(O)c(O)c2c(=O)o1. The molecule has 6 nitrogen and oxygen atoms in total. The van der Waals surface area contributed by atoms with Crippen molar-refractivity contribution < 1.29 is 24.5 Å². The van der Waals surface area contributed by atoms with Crippen molar-refractivity contribution in [3.05, 3.63) is 28.3 Å². The first-order valence-electron chi connectivity index (χ1n) is 6.71. The summed E-state index contributed by atoms with van der Waals surface area (Å²) in [7, 11) is 1.34. The molecule has 1 atom stereocenters. The molecule has 1 aromatic heterocycles. The molecule has 0 fully saturated rings. The van der Waals surface area contributed by atoms with Crippen LogP contribution >= 0.6 is 0 Å². The molecule has 21 heavy (non-hydrogen) atoms. The van der Waals surface area contributed by atoms with Gasteiger partial charge in [-0.15, -0.1) is 0 Å². The van der Waals surface area contributed by atoms with E-state index in [-0.39, 0.29) is 17.6 Å². The van der Waals surface area contributed by atoms with Gasteiger partial charge in [0.2, 0.25) is 5.75 Å². The number of ether oxygens (including phenoxy) is 1. The first-order valence-corrected chi connectivity index (χ1v) is 6.71. The van der Waals surface area contributed by atoms with Crippen molar-refractivity contribution in [1.29, 1.82) is 0 Å². The highest BCUT2D eigenvalue weighted by Crippen LogP contribution is 2.40. The second-order valence-corrected chi connectivity index (χ2v) is 4.89. The number of aromatic hydroxyl groups is 2. The minimum Gasteiger partial charge on any atom is -0.504 e. The second kappa shape index (κ2) is 6.05. The van der Waals surface area contributed by atoms with Gasteiger partial charge in [0, 0.05) is 11.8 Å². The summed E-state index contributed by atoms with van der Waals surface area (Å²) < 4.78 is 10.0. The lowest BCUT2D eigenvalue weighted by molar-refractivity contribution is 0.155. The molecule has 0 amide bonds. The van der Waals surface area contributed by atoms with Crippen LogP contribution < -0.4 is 10.4 Å². The normalized spacial score (nSPS) is 12.5. The molecule has 6 heteroatoms. The standard InChI is InChI=1S/C15H18O6/c1-3-4-9(16)7-10-5-8-6-11(20-2)13(17)14(18)12(8)15(19)21-10/h5-6,9,16-18H,3-4,7H2,1-2H3/t9-/m0/s1. The van der Waals surface area contributed by atoms with Gasteiger partial charge in [-0.05, 0) is 18.6 Å². The lowest BCUT2D eigenvalue weighted by atomic mass is 10.1. The van der Waals surface area contributed by atoms with E-state index in [1.807, 2.05) is 6.92 Å². The highest BCUT2D eigenvalue weighted by Gasteiger charge is 2.18. The lowest BCUT2D eigenvalue weighted by Crippen LogP contribution is -2.12. The Morgan fingerprint density at radius 1 is 1.29 bits per heavy atom. The number of phenols is 2. The molecule has 0 radical (unpaired) electrons. The molecule has 2 rings (SSSR count). The Hall–Kier alpha value is -2.21. The van der Waals surface area contributed by atoms with Gasteiger partial charge in [0.1, 0.15) is 11.1 Å². The average molecular weight is 294 g/mol. The minimum atomic E-state index is -0.762. The third-order valence-corrected chi connectivity index (χ3v) is 3.29. The summed E-state index contributed by atoms with van der Waals surface area (Å²) in [5, 5.41) is 29.6. The van der Waals surface area contributed by atoms with Crippen LogP contribution in [0, 0.1) is 0 Å². The molecule has 0 saturated heterocycles. The first kappa shape index (κ1) is 15.2. The molecule has 114 valence electrons. The number of aliphatic hydroxyl groups is 1. The number of fused-ring (bicyclic) bond motifs is 1. The van der Waals surface area contributed by atoms with Crippen molar-refractivity contribution in [3.63, 3.8) is 0 Å². The molecular weight excluding hydrogens is 276 g/mol. The van der Waals surface area contributed by atoms with Crippen molar-refractivity contribution in [2.45, 2.75) is 32.3 Å². The second-order valence-electron chi connectivity index (χ2n) is 4.89. The van der Waals surface area contributed by atoms with E-state index in [9.17, 15) is 20.1 Å². The summed E-state index contributed by atoms with van der Waals surface area (Å²) in [5.41, 5.74) is -0.762. The molecule has 0 saturated carbocycles. The molecule has 0 aliphatic carbocycles. The number of hydrogen-bond donors (Lipinski definition) is 3. The van der Waals surface area contributed by atoms with Crippen LogP contribution in [0.4, 0.5) is 0 Å². The number of benzene rings is 1. The predicted molar refractivity (Wildman–Crippen MR) is 77.0 cm³/mol. The third kappa shape index (κ3) is 2.95. The lowest BCUT2D eigenvalue weighted by Gasteiger charge is -2.11. The van der Waals surface area contributed by atoms with Crippen molar-refractivity contribution in [2.24, 2.45) is 0 Å². The third-order valence-electron chi connectivity index (χ3n) is 3.29. The van der Waals surface area contributed by atoms with Crippen LogP contribution in [0.3, 0.4) is 0 Å². The molecule has 2 aromatic rings. The minimum absolute atomic E-state index is 0.0608. The maximum absolute atomic E-state index is 12.0. The Morgan fingerprint density at radius 3 is 2.62 bits per heavy atom. The maximum atomic E-state index is 12.0. The number of phenolic OH excluding ortho intramolecular Hbond substituents is 2. The molecule has 3 N–H and O–H groups in total. The number of rotatable bonds is 5. The van der Waals surface area contributed by atoms with E-state index in [1.165, 1.54) is 13.2 Å². The molecule has 0 unspecified atom stereocenters. The van der Waals surface area contributed by atoms with E-state index >= 15 is 0 Å². The van der Waals surface area contributed by atoms with Gasteiger partial charge in [0.15, 0.2) is 11.5 Å². The fourth-order valence-electron chi connectivity index (χ4n) is 2.28. The van der Waals surface area contributed by atoms with Gasteiger partial charge >= 0.3 is 5.63 Å². The van der Waals surface area contributed by atoms with Gasteiger partial charge in [0.25, 0.3) is 0 Å². The summed E-state index contributed by atoms with van der Waals surface area (Å²) in [5.74, 6) is -0.693. The van der Waals surface area contributed by atoms with Crippen molar-refractivity contribution in [1.82, 2.24) is 0 Å². The van der Waals surface area contributed by atoms with E-state index in [2.05, 4.69) is 0 Å². The topological polar surface area (TPSA) is 100 Å². The Labute approximate surface area is 121 Å². The predicted octanol–water partition coefficient (Wildman–Crippen LogP) is 1.92. The smallest absolute Gasteiger partial charge is 0.347 e. The quantitative estimate of drug-likeness (QED) is 0.728. The van der Waals surface area contributed by atoms with E-state index in [1.54, 1.807) is 6.07 Å². The summed E-state index contributed by atoms with van der Waals surface area (Å²) in [6.07, 6.45) is 1.04. The Bertz CT molecular complexity index is 703. The highest BCUT2D eigenvalue weighted by molar-refractivity contribution is 5.91. The van der Waals surface area contributed by atoms with Crippen LogP contribution in [-0.2, 0) is 6.42 Å². The zero-order valence-electron chi connectivity index (χ0n) is 11.9. The largest absolute Gasteiger partial charge is 0.504 e. The van der Waals surface area contributed by atoms with Crippen LogP contribution in [0.2, 0.25) is 0 Å². The molecular formula is C15H18O6. The van der Waals surface area contributed by atoms with Gasteiger partial charge in [0.05, 0.1) is 13.2 Å². The summed E-state index contributed by atoms with van der Waals surface area (Å²) in [6.45, 7) is 1.95. The Balaban J connectivity index is 2.55. The molecule has 0 bridgehead atoms. The zero-order chi connectivity index (χ0) is 15.6. The summed E-state index contributed by atoms with van der Waals surface area (Å²) in [6, 6.07) is 2.99. The van der Waals surface area contributed by atoms with Crippen LogP contribution in [-0.4, -0.2) is 28.5 Å². The van der Waals surface area contributed by atoms with Gasteiger partial charge in [-0.3, -0.25) is 0 Å². The fraction of sp³-hybridized carbons (Fsp3) is 0.400. The highest BCUT2D eigenvalue weighted by atomic mass is 16.5. The van der Waals surface area contributed by atoms with E-state index in [0.29, 0.717) is 17.6 Å². The van der Waals surface area contributed by atoms with Gasteiger partial charge in [-0.1, -0.05) is 13.3 Å². The summed E-state index contributed by atoms with van der Waals surface area (Å²) >= 11 is 0. The van der Waals surface area contributed by atoms with Crippen LogP contribution in [0.5, 0.6) is 17.2 Å². The molecule has 0 aliphatic rings. The fourth-order valence-corrected chi connectivity index (χ4v) is 2.28. The zero-order valence-corrected chi connectivity index (χ0v) is 11.9. The van der Waals surface area contributed by atoms with Crippen LogP contribution in [0.15, 0.2) is 21.3 Å². The monoisotopic (exact) mass is 294 g/mol. The first-order chi connectivity index (χ1) is 9.97. The van der Waals surface area contributed by atoms with Crippen molar-refractivity contribution in [3.8, 4) is 17.2 Å². The molecule has 0 aliphatic heterocycles. The average Bonchev–Trinajstić information content (AvgIpc) is 2.42. The molecule has 0 spiro atoms. The number of methoxy groups -OCH3 is 1. The van der Waals surface area contributed by atoms with E-state index in [4.69, 9.17) is 9.15 Å². The van der Waals surface area contributed by atoms with Gasteiger partial charge in [-0.25, -0.2) is 4.79 Å².